The number of nitrogens with zero attached hydrogens (tertiary/aromatic N) is 1. The van der Waals surface area contributed by atoms with Crippen LogP contribution in [-0.4, -0.2) is 29.8 Å². The fraction of sp³-hybridized carbons (Fsp3) is 0.643. The van der Waals surface area contributed by atoms with Crippen LogP contribution in [-0.2, 0) is 0 Å². The molecule has 0 aromatic carbocycles. The predicted molar refractivity (Wildman–Crippen MR) is 70.6 cm³/mol. The van der Waals surface area contributed by atoms with E-state index in [1.54, 1.807) is 11.3 Å². The summed E-state index contributed by atoms with van der Waals surface area (Å²) in [5, 5.41) is 1.99. The summed E-state index contributed by atoms with van der Waals surface area (Å²) in [4.78, 5) is 15.5. The number of piperidine rings is 1. The minimum atomic E-state index is 0.313. The molecule has 3 rings (SSSR count). The van der Waals surface area contributed by atoms with Crippen molar-refractivity contribution in [1.29, 1.82) is 0 Å². The normalized spacial score (nSPS) is 29.2. The van der Waals surface area contributed by atoms with Crippen molar-refractivity contribution >= 4 is 17.1 Å². The second-order valence-electron chi connectivity index (χ2n) is 5.27. The van der Waals surface area contributed by atoms with E-state index in [9.17, 15) is 4.79 Å². The Morgan fingerprint density at radius 1 is 1.35 bits per heavy atom. The Bertz CT molecular complexity index is 387. The lowest BCUT2D eigenvalue weighted by atomic mass is 9.92. The van der Waals surface area contributed by atoms with Gasteiger partial charge in [0.05, 0.1) is 11.4 Å². The number of Topliss-reactive ketones (excluding diaryl/α,β-unsaturated/α-hetero) is 1. The van der Waals surface area contributed by atoms with E-state index in [0.29, 0.717) is 18.4 Å². The fourth-order valence-electron chi connectivity index (χ4n) is 3.45. The minimum Gasteiger partial charge on any atom is -0.293 e. The molecule has 2 atom stereocenters. The van der Waals surface area contributed by atoms with Crippen molar-refractivity contribution in [2.24, 2.45) is 5.92 Å². The summed E-state index contributed by atoms with van der Waals surface area (Å²) >= 11 is 1.57. The quantitative estimate of drug-likeness (QED) is 0.767. The van der Waals surface area contributed by atoms with E-state index in [-0.39, 0.29) is 0 Å². The van der Waals surface area contributed by atoms with Crippen LogP contribution in [0, 0.1) is 5.92 Å². The van der Waals surface area contributed by atoms with Crippen LogP contribution in [0.2, 0.25) is 0 Å². The lowest BCUT2D eigenvalue weighted by Gasteiger charge is -2.37. The van der Waals surface area contributed by atoms with Gasteiger partial charge >= 0.3 is 0 Å². The third kappa shape index (κ3) is 2.31. The molecule has 2 unspecified atom stereocenters. The average Bonchev–Trinajstić information content (AvgIpc) is 3.00. The van der Waals surface area contributed by atoms with E-state index in [1.807, 2.05) is 17.5 Å². The van der Waals surface area contributed by atoms with Crippen LogP contribution in [0.25, 0.3) is 0 Å². The maximum atomic E-state index is 12.1. The topological polar surface area (TPSA) is 20.3 Å². The van der Waals surface area contributed by atoms with Crippen molar-refractivity contribution in [3.05, 3.63) is 22.4 Å². The van der Waals surface area contributed by atoms with Crippen molar-refractivity contribution < 1.29 is 4.79 Å². The molecule has 2 heterocycles. The molecule has 2 nitrogen and oxygen atoms in total. The summed E-state index contributed by atoms with van der Waals surface area (Å²) < 4.78 is 0. The van der Waals surface area contributed by atoms with Gasteiger partial charge in [-0.2, -0.15) is 0 Å². The lowest BCUT2D eigenvalue weighted by molar-refractivity contribution is 0.0780. The number of ketones is 1. The van der Waals surface area contributed by atoms with Crippen molar-refractivity contribution in [3.8, 4) is 0 Å². The Morgan fingerprint density at radius 2 is 2.24 bits per heavy atom. The molecular weight excluding hydrogens is 230 g/mol. The number of likely N-dealkylation sites (tertiary alicyclic amines) is 1. The molecule has 2 aliphatic rings. The van der Waals surface area contributed by atoms with Gasteiger partial charge in [-0.3, -0.25) is 9.69 Å². The molecule has 92 valence electrons. The standard InChI is InChI=1S/C14H19NOS/c16-13(14-7-3-9-17-14)10-15-8-2-5-11-4-1-6-12(11)15/h3,7,9,11-12H,1-2,4-6,8,10H2. The van der Waals surface area contributed by atoms with Crippen LogP contribution in [0.15, 0.2) is 17.5 Å². The molecule has 1 aliphatic carbocycles. The monoisotopic (exact) mass is 249 g/mol. The summed E-state index contributed by atoms with van der Waals surface area (Å²) in [5.41, 5.74) is 0. The average molecular weight is 249 g/mol. The maximum absolute atomic E-state index is 12.1. The van der Waals surface area contributed by atoms with E-state index in [2.05, 4.69) is 4.90 Å². The number of carbonyl (C=O) groups excluding carboxylic acids is 1. The van der Waals surface area contributed by atoms with Crippen LogP contribution in [0.5, 0.6) is 0 Å². The molecule has 1 saturated heterocycles. The molecule has 17 heavy (non-hydrogen) atoms. The molecule has 1 aromatic rings. The Morgan fingerprint density at radius 3 is 3.06 bits per heavy atom. The third-order valence-corrected chi connectivity index (χ3v) is 5.16. The molecule has 0 amide bonds. The Hall–Kier alpha value is -0.670. The van der Waals surface area contributed by atoms with Gasteiger partial charge in [-0.05, 0) is 49.6 Å². The van der Waals surface area contributed by atoms with Crippen molar-refractivity contribution in [2.75, 3.05) is 13.1 Å². The Balaban J connectivity index is 1.66. The second-order valence-corrected chi connectivity index (χ2v) is 6.22. The first kappa shape index (κ1) is 11.4. The van der Waals surface area contributed by atoms with Crippen molar-refractivity contribution in [1.82, 2.24) is 4.90 Å². The summed E-state index contributed by atoms with van der Waals surface area (Å²) in [6.07, 6.45) is 6.71. The van der Waals surface area contributed by atoms with Crippen LogP contribution in [0.4, 0.5) is 0 Å². The van der Waals surface area contributed by atoms with Crippen LogP contribution in [0.3, 0.4) is 0 Å². The minimum absolute atomic E-state index is 0.313. The predicted octanol–water partition coefficient (Wildman–Crippen LogP) is 3.20. The summed E-state index contributed by atoms with van der Waals surface area (Å²) in [7, 11) is 0. The van der Waals surface area contributed by atoms with Gasteiger partial charge < -0.3 is 0 Å². The number of fused-ring (bicyclic) bond motifs is 1. The van der Waals surface area contributed by atoms with Crippen LogP contribution in [0.1, 0.15) is 41.8 Å². The molecule has 2 fully saturated rings. The highest BCUT2D eigenvalue weighted by Gasteiger charge is 2.35. The number of hydrogen-bond acceptors (Lipinski definition) is 3. The molecule has 0 N–H and O–H groups in total. The van der Waals surface area contributed by atoms with Gasteiger partial charge in [-0.1, -0.05) is 12.5 Å². The fourth-order valence-corrected chi connectivity index (χ4v) is 4.11. The molecule has 1 aliphatic heterocycles. The van der Waals surface area contributed by atoms with Crippen LogP contribution < -0.4 is 0 Å². The lowest BCUT2D eigenvalue weighted by Crippen LogP contribution is -2.44. The zero-order valence-electron chi connectivity index (χ0n) is 10.1. The second kappa shape index (κ2) is 4.91. The van der Waals surface area contributed by atoms with Crippen LogP contribution >= 0.6 is 11.3 Å². The van der Waals surface area contributed by atoms with E-state index in [1.165, 1.54) is 32.1 Å². The van der Waals surface area contributed by atoms with Gasteiger partial charge in [0.25, 0.3) is 0 Å². The number of thiophene rings is 1. The molecule has 1 aromatic heterocycles. The van der Waals surface area contributed by atoms with E-state index in [0.717, 1.165) is 17.3 Å². The Labute approximate surface area is 107 Å². The molecule has 0 radical (unpaired) electrons. The molecule has 1 saturated carbocycles. The number of rotatable bonds is 3. The third-order valence-electron chi connectivity index (χ3n) is 4.25. The molecular formula is C14H19NOS. The first-order chi connectivity index (χ1) is 8.34. The highest BCUT2D eigenvalue weighted by Crippen LogP contribution is 2.36. The largest absolute Gasteiger partial charge is 0.293 e. The highest BCUT2D eigenvalue weighted by molar-refractivity contribution is 7.12. The van der Waals surface area contributed by atoms with Gasteiger partial charge in [0, 0.05) is 6.04 Å². The summed E-state index contributed by atoms with van der Waals surface area (Å²) in [6, 6.07) is 4.61. The first-order valence-corrected chi connectivity index (χ1v) is 7.53. The van der Waals surface area contributed by atoms with Crippen molar-refractivity contribution in [3.63, 3.8) is 0 Å². The van der Waals surface area contributed by atoms with Gasteiger partial charge in [0.2, 0.25) is 0 Å². The molecule has 3 heteroatoms. The number of carbonyl (C=O) groups is 1. The van der Waals surface area contributed by atoms with Gasteiger partial charge in [0.15, 0.2) is 5.78 Å². The van der Waals surface area contributed by atoms with E-state index >= 15 is 0 Å². The first-order valence-electron chi connectivity index (χ1n) is 6.65. The summed E-state index contributed by atoms with van der Waals surface area (Å²) in [5.74, 6) is 1.19. The van der Waals surface area contributed by atoms with Gasteiger partial charge in [-0.25, -0.2) is 0 Å². The van der Waals surface area contributed by atoms with Gasteiger partial charge in [0.1, 0.15) is 0 Å². The van der Waals surface area contributed by atoms with Gasteiger partial charge in [-0.15, -0.1) is 11.3 Å². The zero-order valence-corrected chi connectivity index (χ0v) is 10.9. The maximum Gasteiger partial charge on any atom is 0.186 e. The smallest absolute Gasteiger partial charge is 0.186 e. The van der Waals surface area contributed by atoms with E-state index in [4.69, 9.17) is 0 Å². The molecule has 0 bridgehead atoms. The van der Waals surface area contributed by atoms with E-state index < -0.39 is 0 Å². The highest BCUT2D eigenvalue weighted by atomic mass is 32.1. The number of hydrogen-bond donors (Lipinski definition) is 0. The summed E-state index contributed by atoms with van der Waals surface area (Å²) in [6.45, 7) is 1.76. The molecule has 0 spiro atoms. The SMILES string of the molecule is O=C(CN1CCCC2CCCC21)c1cccs1. The van der Waals surface area contributed by atoms with Crippen molar-refractivity contribution in [2.45, 2.75) is 38.1 Å². The Kier molecular flexibility index (Phi) is 3.30. The zero-order chi connectivity index (χ0) is 11.7.